The zero-order valence-electron chi connectivity index (χ0n) is 16.7. The van der Waals surface area contributed by atoms with E-state index < -0.39 is 15.9 Å². The molecule has 1 aromatic heterocycles. The summed E-state index contributed by atoms with van der Waals surface area (Å²) in [5.41, 5.74) is 1.31. The quantitative estimate of drug-likeness (QED) is 0.293. The number of hydrogen-bond donors (Lipinski definition) is 1. The topological polar surface area (TPSA) is 98.9 Å². The van der Waals surface area contributed by atoms with Crippen molar-refractivity contribution in [2.24, 2.45) is 0 Å². The van der Waals surface area contributed by atoms with E-state index in [1.807, 2.05) is 50.5 Å². The van der Waals surface area contributed by atoms with Gasteiger partial charge in [-0.05, 0) is 29.5 Å². The summed E-state index contributed by atoms with van der Waals surface area (Å²) in [5, 5.41) is 24.6. The maximum atomic E-state index is 13.5. The van der Waals surface area contributed by atoms with E-state index in [1.165, 1.54) is 6.20 Å². The summed E-state index contributed by atoms with van der Waals surface area (Å²) >= 11 is 0. The number of rotatable bonds is 6. The van der Waals surface area contributed by atoms with Gasteiger partial charge in [0.05, 0.1) is 37.2 Å². The SMILES string of the molecule is C[N+](C)(CCC(=N)[O-])c1ccc2cnn(S(=O)(=O)c3cccc4ccccc34)c2c1. The molecule has 0 aliphatic carbocycles. The lowest BCUT2D eigenvalue weighted by atomic mass is 10.1. The maximum absolute atomic E-state index is 13.5. The number of nitrogens with one attached hydrogen (secondary N) is 1. The lowest BCUT2D eigenvalue weighted by Crippen LogP contribution is -2.43. The molecular formula is C22H22N4O3S. The van der Waals surface area contributed by atoms with Crippen LogP contribution in [0.15, 0.2) is 71.8 Å². The molecule has 0 aliphatic rings. The van der Waals surface area contributed by atoms with Crippen molar-refractivity contribution in [2.75, 3.05) is 20.6 Å². The van der Waals surface area contributed by atoms with Crippen molar-refractivity contribution in [3.8, 4) is 0 Å². The summed E-state index contributed by atoms with van der Waals surface area (Å²) in [6.45, 7) is 0.443. The average Bonchev–Trinajstić information content (AvgIpc) is 3.16. The molecule has 4 aromatic rings. The molecule has 8 heteroatoms. The van der Waals surface area contributed by atoms with Gasteiger partial charge in [-0.25, -0.2) is 0 Å². The van der Waals surface area contributed by atoms with Gasteiger partial charge in [0.15, 0.2) is 0 Å². The summed E-state index contributed by atoms with van der Waals surface area (Å²) in [5.74, 6) is -0.620. The van der Waals surface area contributed by atoms with Gasteiger partial charge < -0.3 is 10.5 Å². The highest BCUT2D eigenvalue weighted by Crippen LogP contribution is 2.29. The monoisotopic (exact) mass is 422 g/mol. The number of quaternary nitrogens is 1. The standard InChI is InChI=1S/C22H22N4O3S/c1-26(2,13-12-22(23)27)18-11-10-17-15-24-25(20(17)14-18)30(28,29)21-9-5-7-16-6-3-4-8-19(16)21/h3-11,14-15H,12-13H2,1-2H3,(H-,23,27). The molecule has 154 valence electrons. The number of hydrogen-bond acceptors (Lipinski definition) is 5. The Morgan fingerprint density at radius 3 is 2.57 bits per heavy atom. The van der Waals surface area contributed by atoms with Crippen molar-refractivity contribution in [2.45, 2.75) is 11.3 Å². The summed E-state index contributed by atoms with van der Waals surface area (Å²) in [6.07, 6.45) is 1.66. The molecule has 1 N–H and O–H groups in total. The van der Waals surface area contributed by atoms with Crippen molar-refractivity contribution in [1.82, 2.24) is 13.7 Å². The van der Waals surface area contributed by atoms with E-state index in [4.69, 9.17) is 5.41 Å². The molecule has 7 nitrogen and oxygen atoms in total. The number of benzene rings is 3. The predicted molar refractivity (Wildman–Crippen MR) is 117 cm³/mol. The summed E-state index contributed by atoms with van der Waals surface area (Å²) in [4.78, 5) is 0.199. The van der Waals surface area contributed by atoms with E-state index >= 15 is 0 Å². The number of fused-ring (bicyclic) bond motifs is 2. The third-order valence-electron chi connectivity index (χ3n) is 5.37. The zero-order valence-corrected chi connectivity index (χ0v) is 17.6. The minimum absolute atomic E-state index is 0.124. The molecule has 0 spiro atoms. The van der Waals surface area contributed by atoms with Crippen LogP contribution in [0.1, 0.15) is 6.42 Å². The van der Waals surface area contributed by atoms with Crippen molar-refractivity contribution < 1.29 is 13.5 Å². The number of aromatic nitrogens is 2. The van der Waals surface area contributed by atoms with Crippen LogP contribution < -0.4 is 9.59 Å². The predicted octanol–water partition coefficient (Wildman–Crippen LogP) is 2.72. The molecule has 4 rings (SSSR count). The fourth-order valence-corrected chi connectivity index (χ4v) is 5.06. The van der Waals surface area contributed by atoms with Gasteiger partial charge in [-0.1, -0.05) is 36.4 Å². The molecule has 0 amide bonds. The van der Waals surface area contributed by atoms with Crippen LogP contribution in [0.5, 0.6) is 0 Å². The third-order valence-corrected chi connectivity index (χ3v) is 7.03. The summed E-state index contributed by atoms with van der Waals surface area (Å²) < 4.78 is 28.5. The van der Waals surface area contributed by atoms with Crippen molar-refractivity contribution in [1.29, 1.82) is 5.41 Å². The highest BCUT2D eigenvalue weighted by molar-refractivity contribution is 7.90. The van der Waals surface area contributed by atoms with Gasteiger partial charge in [-0.3, -0.25) is 4.48 Å². The van der Waals surface area contributed by atoms with Crippen molar-refractivity contribution >= 4 is 43.3 Å². The van der Waals surface area contributed by atoms with Crippen LogP contribution in [0, 0.1) is 5.41 Å². The highest BCUT2D eigenvalue weighted by atomic mass is 32.2. The van der Waals surface area contributed by atoms with E-state index in [1.54, 1.807) is 24.3 Å². The maximum Gasteiger partial charge on any atom is 0.284 e. The molecule has 0 fully saturated rings. The summed E-state index contributed by atoms with van der Waals surface area (Å²) in [7, 11) is -0.0810. The molecular weight excluding hydrogens is 400 g/mol. The Balaban J connectivity index is 1.86. The Kier molecular flexibility index (Phi) is 4.83. The Labute approximate surface area is 174 Å². The Morgan fingerprint density at radius 1 is 1.07 bits per heavy atom. The molecule has 0 saturated heterocycles. The lowest BCUT2D eigenvalue weighted by Gasteiger charge is -2.30. The first-order chi connectivity index (χ1) is 14.2. The Bertz CT molecular complexity index is 1370. The molecule has 0 bridgehead atoms. The zero-order chi connectivity index (χ0) is 21.5. The van der Waals surface area contributed by atoms with Crippen LogP contribution in [-0.2, 0) is 10.0 Å². The molecule has 30 heavy (non-hydrogen) atoms. The van der Waals surface area contributed by atoms with E-state index in [9.17, 15) is 13.5 Å². The third kappa shape index (κ3) is 3.44. The van der Waals surface area contributed by atoms with Gasteiger partial charge in [-0.2, -0.15) is 17.6 Å². The van der Waals surface area contributed by atoms with Gasteiger partial charge >= 0.3 is 0 Å². The molecule has 3 aromatic carbocycles. The van der Waals surface area contributed by atoms with Crippen LogP contribution in [0.4, 0.5) is 5.69 Å². The molecule has 0 saturated carbocycles. The molecule has 1 heterocycles. The largest absolute Gasteiger partial charge is 0.862 e. The second-order valence-electron chi connectivity index (χ2n) is 7.79. The van der Waals surface area contributed by atoms with Gasteiger partial charge in [0.25, 0.3) is 10.0 Å². The van der Waals surface area contributed by atoms with Gasteiger partial charge in [0.2, 0.25) is 0 Å². The van der Waals surface area contributed by atoms with E-state index in [0.29, 0.717) is 27.3 Å². The fourth-order valence-electron chi connectivity index (χ4n) is 3.58. The van der Waals surface area contributed by atoms with Crippen molar-refractivity contribution in [3.63, 3.8) is 0 Å². The minimum atomic E-state index is -3.92. The highest BCUT2D eigenvalue weighted by Gasteiger charge is 2.25. The smallest absolute Gasteiger partial charge is 0.284 e. The van der Waals surface area contributed by atoms with Crippen LogP contribution in [0.3, 0.4) is 0 Å². The minimum Gasteiger partial charge on any atom is -0.862 e. The van der Waals surface area contributed by atoms with E-state index in [2.05, 4.69) is 5.10 Å². The first kappa shape index (κ1) is 20.1. The van der Waals surface area contributed by atoms with E-state index in [-0.39, 0.29) is 11.3 Å². The van der Waals surface area contributed by atoms with Crippen LogP contribution >= 0.6 is 0 Å². The van der Waals surface area contributed by atoms with Crippen LogP contribution in [0.2, 0.25) is 0 Å². The number of nitrogens with zero attached hydrogens (tertiary/aromatic N) is 3. The molecule has 0 radical (unpaired) electrons. The molecule has 0 unspecified atom stereocenters. The van der Waals surface area contributed by atoms with Crippen LogP contribution in [0.25, 0.3) is 21.7 Å². The second-order valence-corrected chi connectivity index (χ2v) is 9.53. The van der Waals surface area contributed by atoms with Gasteiger partial charge in [0.1, 0.15) is 5.69 Å². The van der Waals surface area contributed by atoms with Gasteiger partial charge in [0, 0.05) is 23.3 Å². The molecule has 0 atom stereocenters. The first-order valence-electron chi connectivity index (χ1n) is 9.49. The summed E-state index contributed by atoms with van der Waals surface area (Å²) in [6, 6.07) is 18.1. The molecule has 0 aliphatic heterocycles. The second kappa shape index (κ2) is 7.23. The Hall–Kier alpha value is -3.23. The average molecular weight is 423 g/mol. The van der Waals surface area contributed by atoms with Gasteiger partial charge in [-0.15, -0.1) is 0 Å². The van der Waals surface area contributed by atoms with Crippen molar-refractivity contribution in [3.05, 3.63) is 66.9 Å². The normalized spacial score (nSPS) is 12.5. The van der Waals surface area contributed by atoms with Crippen LogP contribution in [-0.4, -0.2) is 44.1 Å². The van der Waals surface area contributed by atoms with E-state index in [0.717, 1.165) is 15.2 Å². The first-order valence-corrected chi connectivity index (χ1v) is 10.9. The Morgan fingerprint density at radius 2 is 1.80 bits per heavy atom. The lowest BCUT2D eigenvalue weighted by molar-refractivity contribution is -0.220. The fraction of sp³-hybridized carbons (Fsp3) is 0.182.